The van der Waals surface area contributed by atoms with Gasteiger partial charge in [0.2, 0.25) is 0 Å². The van der Waals surface area contributed by atoms with Gasteiger partial charge in [0.25, 0.3) is 0 Å². The predicted octanol–water partition coefficient (Wildman–Crippen LogP) is 0.613. The van der Waals surface area contributed by atoms with Crippen molar-refractivity contribution in [3.63, 3.8) is 0 Å². The summed E-state index contributed by atoms with van der Waals surface area (Å²) in [5.74, 6) is 1.34. The Hall–Kier alpha value is -1.78. The zero-order valence-corrected chi connectivity index (χ0v) is 9.44. The molecule has 0 radical (unpaired) electrons. The van der Waals surface area contributed by atoms with E-state index < -0.39 is 0 Å². The Morgan fingerprint density at radius 1 is 1.13 bits per heavy atom. The van der Waals surface area contributed by atoms with Gasteiger partial charge in [-0.15, -0.1) is 0 Å². The van der Waals surface area contributed by atoms with Crippen molar-refractivity contribution in [2.24, 2.45) is 5.11 Å². The number of hydrogen-bond donors (Lipinski definition) is 1. The number of methoxy groups -OCH3 is 2. The average Bonchev–Trinajstić information content (AvgIpc) is 2.26. The second kappa shape index (κ2) is 4.63. The summed E-state index contributed by atoms with van der Waals surface area (Å²) < 4.78 is 10.4. The molecular weight excluding hydrogens is 194 g/mol. The fourth-order valence-electron chi connectivity index (χ4n) is 1.32. The van der Waals surface area contributed by atoms with Gasteiger partial charge in [0.1, 0.15) is 5.75 Å². The molecule has 2 N–H and O–H groups in total. The van der Waals surface area contributed by atoms with Gasteiger partial charge in [-0.25, -0.2) is 0 Å². The second-order valence-electron chi connectivity index (χ2n) is 3.22. The fourth-order valence-corrected chi connectivity index (χ4v) is 1.32. The molecule has 0 fully saturated rings. The van der Waals surface area contributed by atoms with Crippen LogP contribution in [0.4, 0.5) is 11.4 Å². The number of ether oxygens (including phenoxy) is 2. The zero-order chi connectivity index (χ0) is 11.4. The smallest absolute Gasteiger partial charge is 0.175 e. The third-order valence-electron chi connectivity index (χ3n) is 2.10. The molecule has 0 aliphatic heterocycles. The van der Waals surface area contributed by atoms with Gasteiger partial charge in [-0.05, 0) is 5.11 Å². The van der Waals surface area contributed by atoms with Gasteiger partial charge in [-0.3, -0.25) is 0 Å². The first kappa shape index (κ1) is 11.3. The lowest BCUT2D eigenvalue weighted by molar-refractivity contribution is -0.210. The fraction of sp³-hybridized carbons (Fsp3) is 0.400. The Labute approximate surface area is 89.1 Å². The largest absolute Gasteiger partial charge is 0.494 e. The van der Waals surface area contributed by atoms with E-state index in [1.165, 1.54) is 0 Å². The van der Waals surface area contributed by atoms with Crippen LogP contribution in [0.1, 0.15) is 0 Å². The van der Waals surface area contributed by atoms with Crippen LogP contribution in [-0.2, 0) is 0 Å². The topological polar surface area (TPSA) is 59.7 Å². The van der Waals surface area contributed by atoms with E-state index in [-0.39, 0.29) is 0 Å². The summed E-state index contributed by atoms with van der Waals surface area (Å²) in [6.45, 7) is 0. The summed E-state index contributed by atoms with van der Waals surface area (Å²) in [6, 6.07) is 3.58. The Balaban J connectivity index is 3.33. The molecular formula is C10H16N3O2+. The van der Waals surface area contributed by atoms with Gasteiger partial charge in [-0.2, -0.15) is 5.53 Å². The number of anilines is 1. The van der Waals surface area contributed by atoms with Gasteiger partial charge in [-0.1, -0.05) is 0 Å². The molecule has 0 amide bonds. The van der Waals surface area contributed by atoms with Crippen LogP contribution in [0.15, 0.2) is 17.2 Å². The van der Waals surface area contributed by atoms with E-state index in [1.807, 2.05) is 25.1 Å². The van der Waals surface area contributed by atoms with E-state index in [9.17, 15) is 0 Å². The number of nitrogens with two attached hydrogens (primary N) is 1. The van der Waals surface area contributed by atoms with Crippen molar-refractivity contribution in [3.8, 4) is 11.5 Å². The first-order valence-electron chi connectivity index (χ1n) is 4.48. The monoisotopic (exact) mass is 210 g/mol. The van der Waals surface area contributed by atoms with Gasteiger partial charge >= 0.3 is 0 Å². The van der Waals surface area contributed by atoms with Crippen molar-refractivity contribution in [3.05, 3.63) is 12.1 Å². The summed E-state index contributed by atoms with van der Waals surface area (Å²) in [4.78, 5) is 1.93. The van der Waals surface area contributed by atoms with E-state index in [2.05, 4.69) is 5.11 Å². The van der Waals surface area contributed by atoms with Crippen LogP contribution in [0.25, 0.3) is 0 Å². The molecule has 1 aromatic carbocycles. The summed E-state index contributed by atoms with van der Waals surface area (Å²) in [7, 11) is 7.04. The van der Waals surface area contributed by atoms with Crippen LogP contribution in [0.2, 0.25) is 0 Å². The molecule has 0 bridgehead atoms. The van der Waals surface area contributed by atoms with Crippen molar-refractivity contribution in [2.75, 3.05) is 33.2 Å². The standard InChI is InChI=1S/C10H15N3O2/c1-13(2)8-6-9(14-3)7(12-11)5-10(8)15-4/h5-6,11H,1-4H3/p+1. The average molecular weight is 210 g/mol. The highest BCUT2D eigenvalue weighted by Crippen LogP contribution is 2.38. The lowest BCUT2D eigenvalue weighted by Crippen LogP contribution is -2.22. The van der Waals surface area contributed by atoms with Gasteiger partial charge in [0.05, 0.1) is 19.9 Å². The minimum Gasteiger partial charge on any atom is -0.494 e. The highest BCUT2D eigenvalue weighted by atomic mass is 16.5. The zero-order valence-electron chi connectivity index (χ0n) is 9.44. The highest BCUT2D eigenvalue weighted by molar-refractivity contribution is 5.69. The molecule has 0 heterocycles. The number of hydrogen-bond acceptors (Lipinski definition) is 4. The Morgan fingerprint density at radius 3 is 2.13 bits per heavy atom. The molecule has 0 unspecified atom stereocenters. The van der Waals surface area contributed by atoms with Gasteiger partial charge < -0.3 is 14.4 Å². The molecule has 15 heavy (non-hydrogen) atoms. The van der Waals surface area contributed by atoms with Crippen molar-refractivity contribution in [1.82, 2.24) is 0 Å². The van der Waals surface area contributed by atoms with E-state index in [0.29, 0.717) is 17.2 Å². The molecule has 0 aromatic heterocycles. The van der Waals surface area contributed by atoms with Crippen LogP contribution in [-0.4, -0.2) is 28.3 Å². The number of rotatable bonds is 4. The van der Waals surface area contributed by atoms with Crippen molar-refractivity contribution < 1.29 is 15.0 Å². The first-order chi connectivity index (χ1) is 7.13. The summed E-state index contributed by atoms with van der Waals surface area (Å²) in [5.41, 5.74) is 6.74. The number of nitrogens with zero attached hydrogens (tertiary/aromatic N) is 2. The minimum absolute atomic E-state index is 0.569. The molecule has 0 aliphatic carbocycles. The van der Waals surface area contributed by atoms with Crippen molar-refractivity contribution in [2.45, 2.75) is 0 Å². The lowest BCUT2D eigenvalue weighted by atomic mass is 10.2. The van der Waals surface area contributed by atoms with Crippen LogP contribution in [0.5, 0.6) is 11.5 Å². The summed E-state index contributed by atoms with van der Waals surface area (Å²) in [5, 5.41) is 3.63. The van der Waals surface area contributed by atoms with Crippen molar-refractivity contribution in [1.29, 1.82) is 0 Å². The molecule has 1 aromatic rings. The van der Waals surface area contributed by atoms with Crippen LogP contribution in [0.3, 0.4) is 0 Å². The maximum absolute atomic E-state index is 5.25. The van der Waals surface area contributed by atoms with Gasteiger partial charge in [0, 0.05) is 26.2 Å². The Bertz CT molecular complexity index is 364. The highest BCUT2D eigenvalue weighted by Gasteiger charge is 2.13. The van der Waals surface area contributed by atoms with E-state index >= 15 is 0 Å². The van der Waals surface area contributed by atoms with Crippen LogP contribution >= 0.6 is 0 Å². The molecule has 5 nitrogen and oxygen atoms in total. The van der Waals surface area contributed by atoms with Gasteiger partial charge in [0.15, 0.2) is 11.4 Å². The minimum atomic E-state index is 0.569. The summed E-state index contributed by atoms with van der Waals surface area (Å²) >= 11 is 0. The Kier molecular flexibility index (Phi) is 3.49. The quantitative estimate of drug-likeness (QED) is 0.741. The molecule has 0 atom stereocenters. The van der Waals surface area contributed by atoms with Crippen molar-refractivity contribution >= 4 is 11.4 Å². The third kappa shape index (κ3) is 2.18. The molecule has 1 rings (SSSR count). The maximum Gasteiger partial charge on any atom is 0.175 e. The maximum atomic E-state index is 5.25. The SMILES string of the molecule is COc1cc(N(C)C)c(OC)cc1N=[NH2+]. The predicted molar refractivity (Wildman–Crippen MR) is 57.9 cm³/mol. The van der Waals surface area contributed by atoms with Crippen LogP contribution in [0, 0.1) is 0 Å². The molecule has 82 valence electrons. The van der Waals surface area contributed by atoms with E-state index in [1.54, 1.807) is 20.3 Å². The molecule has 5 heteroatoms. The Morgan fingerprint density at radius 2 is 1.73 bits per heavy atom. The normalized spacial score (nSPS) is 9.60. The second-order valence-corrected chi connectivity index (χ2v) is 3.22. The first-order valence-corrected chi connectivity index (χ1v) is 4.48. The van der Waals surface area contributed by atoms with E-state index in [0.717, 1.165) is 5.69 Å². The third-order valence-corrected chi connectivity index (χ3v) is 2.10. The molecule has 0 aliphatic rings. The molecule has 0 saturated heterocycles. The van der Waals surface area contributed by atoms with Crippen LogP contribution < -0.4 is 19.9 Å². The molecule has 0 spiro atoms. The lowest BCUT2D eigenvalue weighted by Gasteiger charge is -2.17. The van der Waals surface area contributed by atoms with E-state index in [4.69, 9.17) is 15.0 Å². The molecule has 0 saturated carbocycles. The number of benzene rings is 1. The summed E-state index contributed by atoms with van der Waals surface area (Å²) in [6.07, 6.45) is 0.